The summed E-state index contributed by atoms with van der Waals surface area (Å²) < 4.78 is 12.6. The van der Waals surface area contributed by atoms with Crippen molar-refractivity contribution in [2.75, 3.05) is 0 Å². The zero-order valence-electron chi connectivity index (χ0n) is 17.4. The third-order valence-electron chi connectivity index (χ3n) is 5.57. The molecule has 3 aromatic carbocycles. The van der Waals surface area contributed by atoms with Crippen LogP contribution < -0.4 is 0 Å². The molecule has 1 aliphatic rings. The van der Waals surface area contributed by atoms with Crippen LogP contribution in [0.15, 0.2) is 101 Å². The van der Waals surface area contributed by atoms with Crippen molar-refractivity contribution in [3.8, 4) is 22.5 Å². The van der Waals surface area contributed by atoms with E-state index in [1.165, 1.54) is 0 Å². The molecule has 0 saturated heterocycles. The van der Waals surface area contributed by atoms with Crippen LogP contribution in [0.5, 0.6) is 0 Å². The number of hydrogen-bond donors (Lipinski definition) is 0. The molecule has 1 atom stereocenters. The lowest BCUT2D eigenvalue weighted by Crippen LogP contribution is -2.06. The first-order valence-corrected chi connectivity index (χ1v) is 12.1. The third-order valence-corrected chi connectivity index (χ3v) is 7.24. The van der Waals surface area contributed by atoms with E-state index in [-0.39, 0.29) is 12.2 Å². The minimum absolute atomic E-state index is 0.0109. The highest BCUT2D eigenvalue weighted by atomic mass is 32.2. The molecule has 0 spiro atoms. The lowest BCUT2D eigenvalue weighted by atomic mass is 9.98. The van der Waals surface area contributed by atoms with Crippen LogP contribution in [-0.2, 0) is 15.9 Å². The maximum absolute atomic E-state index is 13.3. The quantitative estimate of drug-likeness (QED) is 0.290. The van der Waals surface area contributed by atoms with Crippen molar-refractivity contribution in [1.29, 1.82) is 0 Å². The van der Waals surface area contributed by atoms with E-state index < -0.39 is 9.52 Å². The predicted molar refractivity (Wildman–Crippen MR) is 132 cm³/mol. The van der Waals surface area contributed by atoms with Crippen LogP contribution in [0.1, 0.15) is 21.5 Å². The van der Waals surface area contributed by atoms with Crippen molar-refractivity contribution in [3.05, 3.63) is 113 Å². The first kappa shape index (κ1) is 20.2. The summed E-state index contributed by atoms with van der Waals surface area (Å²) in [5.74, 6) is 3.82. The average molecular weight is 436 g/mol. The first-order valence-electron chi connectivity index (χ1n) is 10.3. The van der Waals surface area contributed by atoms with Gasteiger partial charge in [0.05, 0.1) is 11.4 Å². The number of carbonyl (C=O) groups excluding carboxylic acids is 1. The largest absolute Gasteiger partial charge is 0.294 e. The number of Topliss-reactive ketones (excluding diaryl/α,β-unsaturated/α-hetero) is 1. The highest BCUT2D eigenvalue weighted by Gasteiger charge is 2.18. The number of rotatable bonds is 5. The Hall–Kier alpha value is -3.76. The Labute approximate surface area is 188 Å². The van der Waals surface area contributed by atoms with Gasteiger partial charge in [0, 0.05) is 37.5 Å². The van der Waals surface area contributed by atoms with Crippen molar-refractivity contribution < 1.29 is 9.00 Å². The van der Waals surface area contributed by atoms with Crippen molar-refractivity contribution in [2.24, 2.45) is 0 Å². The minimum atomic E-state index is -2.42. The summed E-state index contributed by atoms with van der Waals surface area (Å²) in [6.45, 7) is 0. The molecule has 0 aliphatic carbocycles. The summed E-state index contributed by atoms with van der Waals surface area (Å²) in [4.78, 5) is 18.8. The highest BCUT2D eigenvalue weighted by Crippen LogP contribution is 2.29. The van der Waals surface area contributed by atoms with Gasteiger partial charge in [-0.1, -0.05) is 72.8 Å². The zero-order valence-corrected chi connectivity index (χ0v) is 18.2. The van der Waals surface area contributed by atoms with E-state index >= 15 is 0 Å². The molecule has 2 heterocycles. The topological polar surface area (TPSA) is 47.0 Å². The van der Waals surface area contributed by atoms with Crippen LogP contribution in [0.3, 0.4) is 0 Å². The number of pyridine rings is 1. The number of aromatic nitrogens is 1. The second-order valence-electron chi connectivity index (χ2n) is 7.86. The molecule has 0 saturated carbocycles. The lowest BCUT2D eigenvalue weighted by molar-refractivity contribution is 0.0993. The van der Waals surface area contributed by atoms with Gasteiger partial charge < -0.3 is 0 Å². The number of fused-ring (bicyclic) bond motifs is 1. The predicted octanol–water partition coefficient (Wildman–Crippen LogP) is 5.90. The lowest BCUT2D eigenvalue weighted by Gasteiger charge is -2.10. The Kier molecular flexibility index (Phi) is 5.08. The fourth-order valence-corrected chi connectivity index (χ4v) is 5.27. The molecule has 4 heteroatoms. The molecule has 1 unspecified atom stereocenters. The molecule has 0 bridgehead atoms. The fraction of sp³-hybridized carbons (Fsp3) is 0.0357. The van der Waals surface area contributed by atoms with Crippen molar-refractivity contribution >= 4 is 27.3 Å². The molecule has 3 nitrogen and oxygen atoms in total. The van der Waals surface area contributed by atoms with Crippen LogP contribution in [-0.4, -0.2) is 20.8 Å². The van der Waals surface area contributed by atoms with Gasteiger partial charge in [0.1, 0.15) is 0 Å². The molecule has 4 aromatic rings. The monoisotopic (exact) mass is 435 g/mol. The van der Waals surface area contributed by atoms with Gasteiger partial charge in [-0.15, -0.1) is 0 Å². The van der Waals surface area contributed by atoms with Gasteiger partial charge in [0.25, 0.3) is 0 Å². The number of benzene rings is 3. The van der Waals surface area contributed by atoms with E-state index in [0.29, 0.717) is 10.5 Å². The van der Waals surface area contributed by atoms with E-state index in [0.717, 1.165) is 33.6 Å². The second kappa shape index (κ2) is 8.06. The summed E-state index contributed by atoms with van der Waals surface area (Å²) in [6.07, 6.45) is 2.05. The van der Waals surface area contributed by atoms with E-state index in [9.17, 15) is 9.00 Å². The van der Waals surface area contributed by atoms with Gasteiger partial charge in [-0.05, 0) is 46.7 Å². The summed E-state index contributed by atoms with van der Waals surface area (Å²) in [5, 5.41) is 1.64. The van der Waals surface area contributed by atoms with Gasteiger partial charge >= 0.3 is 0 Å². The Morgan fingerprint density at radius 2 is 1.41 bits per heavy atom. The van der Waals surface area contributed by atoms with Gasteiger partial charge in [-0.25, -0.2) is 4.98 Å². The Bertz CT molecular complexity index is 1400. The Morgan fingerprint density at radius 3 is 2.00 bits per heavy atom. The van der Waals surface area contributed by atoms with Crippen LogP contribution in [0.2, 0.25) is 0 Å². The van der Waals surface area contributed by atoms with Crippen LogP contribution in [0, 0.1) is 0 Å². The van der Waals surface area contributed by atoms with Gasteiger partial charge in [-0.3, -0.25) is 9.00 Å². The Morgan fingerprint density at radius 1 is 0.812 bits per heavy atom. The van der Waals surface area contributed by atoms with Crippen molar-refractivity contribution in [2.45, 2.75) is 11.3 Å². The number of ketones is 1. The molecule has 156 valence electrons. The van der Waals surface area contributed by atoms with Crippen molar-refractivity contribution in [1.82, 2.24) is 4.98 Å². The molecule has 0 radical (unpaired) electrons. The molecular formula is C28H21NO2S. The molecule has 32 heavy (non-hydrogen) atoms. The number of nitrogens with zero attached hydrogens (tertiary/aromatic N) is 1. The Balaban J connectivity index is 1.53. The summed E-state index contributed by atoms with van der Waals surface area (Å²) in [5.41, 5.74) is 5.77. The molecule has 0 N–H and O–H groups in total. The standard InChI is InChI=1S/C28H21NO2S/c1-32(31)15-14-23-13-12-20(17-28(23)32)16-27(30)24-18-25(21-8-4-2-5-9-21)29-26(19-24)22-10-6-3-7-11-22/h2-15,17-19H,1,16H2. The van der Waals surface area contributed by atoms with E-state index in [4.69, 9.17) is 4.98 Å². The first-order chi connectivity index (χ1) is 15.5. The maximum Gasteiger partial charge on any atom is 0.167 e. The van der Waals surface area contributed by atoms with Crippen molar-refractivity contribution in [3.63, 3.8) is 0 Å². The van der Waals surface area contributed by atoms with E-state index in [2.05, 4.69) is 5.87 Å². The molecule has 1 aromatic heterocycles. The van der Waals surface area contributed by atoms with Crippen LogP contribution in [0.25, 0.3) is 28.6 Å². The zero-order chi connectivity index (χ0) is 22.1. The SMILES string of the molecule is C=S1(=O)C=Cc2ccc(CC(=O)c3cc(-c4ccccc4)nc(-c4ccccc4)c3)cc21. The fourth-order valence-electron chi connectivity index (χ4n) is 3.87. The highest BCUT2D eigenvalue weighted by molar-refractivity contribution is 8.03. The van der Waals surface area contributed by atoms with Crippen LogP contribution >= 0.6 is 0 Å². The average Bonchev–Trinajstić information content (AvgIpc) is 3.14. The van der Waals surface area contributed by atoms with Gasteiger partial charge in [-0.2, -0.15) is 0 Å². The number of carbonyl (C=O) groups is 1. The molecule has 1 aliphatic heterocycles. The van der Waals surface area contributed by atoms with Gasteiger partial charge in [0.15, 0.2) is 5.78 Å². The van der Waals surface area contributed by atoms with Crippen LogP contribution in [0.4, 0.5) is 0 Å². The summed E-state index contributed by atoms with van der Waals surface area (Å²) >= 11 is 0. The number of hydrogen-bond acceptors (Lipinski definition) is 3. The molecule has 5 rings (SSSR count). The van der Waals surface area contributed by atoms with E-state index in [1.54, 1.807) is 5.41 Å². The third kappa shape index (κ3) is 3.93. The second-order valence-corrected chi connectivity index (χ2v) is 10.0. The summed E-state index contributed by atoms with van der Waals surface area (Å²) in [6, 6.07) is 29.1. The molecule has 0 fully saturated rings. The van der Waals surface area contributed by atoms with E-state index in [1.807, 2.05) is 97.1 Å². The van der Waals surface area contributed by atoms with Gasteiger partial charge in [0.2, 0.25) is 0 Å². The summed E-state index contributed by atoms with van der Waals surface area (Å²) in [7, 11) is -2.42. The smallest absolute Gasteiger partial charge is 0.167 e. The minimum Gasteiger partial charge on any atom is -0.294 e. The maximum atomic E-state index is 13.3. The molecule has 0 amide bonds. The normalized spacial score (nSPS) is 16.6. The molecular weight excluding hydrogens is 414 g/mol.